The molecule has 1 heterocycles. The minimum Gasteiger partial charge on any atom is -0.467 e. The molecule has 1 aromatic heterocycles. The SMILES string of the molecule is COC(=O)C(O)C(O)c1sccc1Cl. The molecule has 0 aliphatic rings. The van der Waals surface area contributed by atoms with Gasteiger partial charge in [0.05, 0.1) is 17.0 Å². The molecule has 0 bridgehead atoms. The molecule has 0 aliphatic carbocycles. The molecule has 0 spiro atoms. The lowest BCUT2D eigenvalue weighted by Gasteiger charge is -2.14. The molecule has 1 rings (SSSR count). The number of aliphatic hydroxyl groups is 2. The standard InChI is InChI=1S/C8H9ClO4S/c1-13-8(12)6(11)5(10)7-4(9)2-3-14-7/h2-3,5-6,10-11H,1H3. The highest BCUT2D eigenvalue weighted by atomic mass is 35.5. The molecule has 14 heavy (non-hydrogen) atoms. The Morgan fingerprint density at radius 2 is 2.29 bits per heavy atom. The zero-order valence-corrected chi connectivity index (χ0v) is 8.88. The Morgan fingerprint density at radius 1 is 1.64 bits per heavy atom. The fourth-order valence-corrected chi connectivity index (χ4v) is 2.09. The van der Waals surface area contributed by atoms with Gasteiger partial charge in [-0.2, -0.15) is 0 Å². The molecule has 0 amide bonds. The summed E-state index contributed by atoms with van der Waals surface area (Å²) in [6.07, 6.45) is -2.94. The maximum absolute atomic E-state index is 10.9. The summed E-state index contributed by atoms with van der Waals surface area (Å²) in [7, 11) is 1.13. The van der Waals surface area contributed by atoms with Gasteiger partial charge >= 0.3 is 5.97 Å². The molecule has 0 aromatic carbocycles. The van der Waals surface area contributed by atoms with Gasteiger partial charge in [-0.3, -0.25) is 0 Å². The van der Waals surface area contributed by atoms with Crippen molar-refractivity contribution in [1.82, 2.24) is 0 Å². The third kappa shape index (κ3) is 2.24. The number of halogens is 1. The Bertz CT molecular complexity index is 325. The number of hydrogen-bond donors (Lipinski definition) is 2. The summed E-state index contributed by atoms with van der Waals surface area (Å²) in [5, 5.41) is 20.8. The van der Waals surface area contributed by atoms with Crippen molar-refractivity contribution in [2.24, 2.45) is 0 Å². The Labute approximate surface area is 89.7 Å². The molecule has 2 N–H and O–H groups in total. The Balaban J connectivity index is 2.80. The summed E-state index contributed by atoms with van der Waals surface area (Å²) in [5.41, 5.74) is 0. The van der Waals surface area contributed by atoms with Crippen molar-refractivity contribution in [2.45, 2.75) is 12.2 Å². The molecule has 78 valence electrons. The minimum absolute atomic E-state index is 0.324. The summed E-state index contributed by atoms with van der Waals surface area (Å²) < 4.78 is 4.28. The number of rotatable bonds is 3. The number of ether oxygens (including phenoxy) is 1. The fourth-order valence-electron chi connectivity index (χ4n) is 0.910. The van der Waals surface area contributed by atoms with Crippen LogP contribution >= 0.6 is 22.9 Å². The van der Waals surface area contributed by atoms with E-state index in [1.54, 1.807) is 11.4 Å². The smallest absolute Gasteiger partial charge is 0.337 e. The fraction of sp³-hybridized carbons (Fsp3) is 0.375. The highest BCUT2D eigenvalue weighted by molar-refractivity contribution is 7.10. The van der Waals surface area contributed by atoms with Crippen LogP contribution in [0.1, 0.15) is 11.0 Å². The quantitative estimate of drug-likeness (QED) is 0.768. The first kappa shape index (κ1) is 11.5. The molecular weight excluding hydrogens is 228 g/mol. The molecule has 0 saturated carbocycles. The molecule has 0 fully saturated rings. The minimum atomic E-state index is -1.60. The van der Waals surface area contributed by atoms with Crippen molar-refractivity contribution in [3.8, 4) is 0 Å². The first-order valence-electron chi connectivity index (χ1n) is 3.74. The van der Waals surface area contributed by atoms with Crippen LogP contribution in [0.3, 0.4) is 0 Å². The third-order valence-electron chi connectivity index (χ3n) is 1.66. The van der Waals surface area contributed by atoms with E-state index in [9.17, 15) is 15.0 Å². The monoisotopic (exact) mass is 236 g/mol. The van der Waals surface area contributed by atoms with Crippen LogP contribution in [-0.4, -0.2) is 29.4 Å². The summed E-state index contributed by atoms with van der Waals surface area (Å²) in [6.45, 7) is 0. The van der Waals surface area contributed by atoms with Gasteiger partial charge in [-0.25, -0.2) is 4.79 Å². The molecule has 4 nitrogen and oxygen atoms in total. The van der Waals surface area contributed by atoms with Gasteiger partial charge in [-0.05, 0) is 11.4 Å². The second-order valence-electron chi connectivity index (χ2n) is 2.55. The van der Waals surface area contributed by atoms with E-state index in [2.05, 4.69) is 4.74 Å². The highest BCUT2D eigenvalue weighted by Crippen LogP contribution is 2.30. The van der Waals surface area contributed by atoms with Crippen molar-refractivity contribution < 1.29 is 19.7 Å². The van der Waals surface area contributed by atoms with Crippen LogP contribution in [0.4, 0.5) is 0 Å². The van der Waals surface area contributed by atoms with Gasteiger partial charge in [0.2, 0.25) is 0 Å². The van der Waals surface area contributed by atoms with Crippen molar-refractivity contribution >= 4 is 28.9 Å². The maximum atomic E-state index is 10.9. The second-order valence-corrected chi connectivity index (χ2v) is 3.90. The van der Waals surface area contributed by atoms with Crippen LogP contribution in [0.2, 0.25) is 5.02 Å². The van der Waals surface area contributed by atoms with Crippen LogP contribution in [0.25, 0.3) is 0 Å². The Hall–Kier alpha value is -0.620. The molecule has 1 aromatic rings. The molecule has 0 radical (unpaired) electrons. The van der Waals surface area contributed by atoms with E-state index < -0.39 is 18.2 Å². The largest absolute Gasteiger partial charge is 0.467 e. The van der Waals surface area contributed by atoms with Crippen LogP contribution in [0.15, 0.2) is 11.4 Å². The summed E-state index contributed by atoms with van der Waals surface area (Å²) in [5.74, 6) is -0.887. The predicted molar refractivity (Wildman–Crippen MR) is 52.3 cm³/mol. The van der Waals surface area contributed by atoms with E-state index in [4.69, 9.17) is 11.6 Å². The lowest BCUT2D eigenvalue weighted by molar-refractivity contribution is -0.156. The predicted octanol–water partition coefficient (Wildman–Crippen LogP) is 0.969. The second kappa shape index (κ2) is 4.75. The Kier molecular flexibility index (Phi) is 3.88. The number of hydrogen-bond acceptors (Lipinski definition) is 5. The Morgan fingerprint density at radius 3 is 2.71 bits per heavy atom. The van der Waals surface area contributed by atoms with Crippen LogP contribution in [0, 0.1) is 0 Å². The van der Waals surface area contributed by atoms with Gasteiger partial charge < -0.3 is 14.9 Å². The van der Waals surface area contributed by atoms with Gasteiger partial charge in [0.15, 0.2) is 6.10 Å². The first-order valence-corrected chi connectivity index (χ1v) is 5.00. The molecule has 6 heteroatoms. The van der Waals surface area contributed by atoms with E-state index in [1.807, 2.05) is 0 Å². The highest BCUT2D eigenvalue weighted by Gasteiger charge is 2.28. The van der Waals surface area contributed by atoms with E-state index in [0.717, 1.165) is 18.4 Å². The van der Waals surface area contributed by atoms with Gasteiger partial charge in [-0.15, -0.1) is 11.3 Å². The average molecular weight is 237 g/mol. The topological polar surface area (TPSA) is 66.8 Å². The molecule has 2 unspecified atom stereocenters. The van der Waals surface area contributed by atoms with Crippen LogP contribution < -0.4 is 0 Å². The average Bonchev–Trinajstić information content (AvgIpc) is 2.61. The normalized spacial score (nSPS) is 14.9. The van der Waals surface area contributed by atoms with Crippen molar-refractivity contribution in [2.75, 3.05) is 7.11 Å². The van der Waals surface area contributed by atoms with Gasteiger partial charge in [0.25, 0.3) is 0 Å². The lowest BCUT2D eigenvalue weighted by Crippen LogP contribution is -2.28. The lowest BCUT2D eigenvalue weighted by atomic mass is 10.2. The van der Waals surface area contributed by atoms with Crippen molar-refractivity contribution in [3.63, 3.8) is 0 Å². The van der Waals surface area contributed by atoms with Crippen LogP contribution in [0.5, 0.6) is 0 Å². The maximum Gasteiger partial charge on any atom is 0.337 e. The van der Waals surface area contributed by atoms with E-state index >= 15 is 0 Å². The van der Waals surface area contributed by atoms with Gasteiger partial charge in [0.1, 0.15) is 6.10 Å². The van der Waals surface area contributed by atoms with Gasteiger partial charge in [0, 0.05) is 0 Å². The van der Waals surface area contributed by atoms with Crippen molar-refractivity contribution in [1.29, 1.82) is 0 Å². The summed E-state index contributed by atoms with van der Waals surface area (Å²) in [4.78, 5) is 11.2. The number of aliphatic hydroxyl groups excluding tert-OH is 2. The third-order valence-corrected chi connectivity index (χ3v) is 3.08. The van der Waals surface area contributed by atoms with E-state index in [1.165, 1.54) is 0 Å². The first-order chi connectivity index (χ1) is 6.57. The number of methoxy groups -OCH3 is 1. The summed E-state index contributed by atoms with van der Waals surface area (Å²) >= 11 is 6.88. The molecule has 0 aliphatic heterocycles. The zero-order chi connectivity index (χ0) is 10.7. The number of thiophene rings is 1. The summed E-state index contributed by atoms with van der Waals surface area (Å²) in [6, 6.07) is 1.58. The molecule has 0 saturated heterocycles. The number of carbonyl (C=O) groups is 1. The zero-order valence-electron chi connectivity index (χ0n) is 7.31. The van der Waals surface area contributed by atoms with E-state index in [-0.39, 0.29) is 0 Å². The van der Waals surface area contributed by atoms with E-state index in [0.29, 0.717) is 9.90 Å². The van der Waals surface area contributed by atoms with Crippen molar-refractivity contribution in [3.05, 3.63) is 21.3 Å². The molecular formula is C8H9ClO4S. The number of carbonyl (C=O) groups excluding carboxylic acids is 1. The van der Waals surface area contributed by atoms with Gasteiger partial charge in [-0.1, -0.05) is 11.6 Å². The van der Waals surface area contributed by atoms with Crippen LogP contribution in [-0.2, 0) is 9.53 Å². The molecule has 2 atom stereocenters. The number of esters is 1.